The molecule has 1 unspecified atom stereocenters. The van der Waals surface area contributed by atoms with Gasteiger partial charge in [0.1, 0.15) is 0 Å². The average molecular weight is 374 g/mol. The SMILES string of the molecule is CC(C)(C)[SiH2]C[C]1([Ti+3])C=CC2=C1CCCC2.[Cl-].[Cl-].[Cl-]. The monoisotopic (exact) mass is 372 g/mol. The van der Waals surface area contributed by atoms with Crippen molar-refractivity contribution in [2.45, 2.75) is 61.3 Å². The molecular formula is C14H23Cl3SiTi. The number of rotatable bonds is 2. The van der Waals surface area contributed by atoms with E-state index >= 15 is 0 Å². The van der Waals surface area contributed by atoms with Crippen LogP contribution in [-0.4, -0.2) is 9.52 Å². The molecule has 0 aliphatic heterocycles. The van der Waals surface area contributed by atoms with Gasteiger partial charge in [-0.25, -0.2) is 0 Å². The molecule has 0 heterocycles. The molecule has 0 saturated carbocycles. The van der Waals surface area contributed by atoms with E-state index in [1.807, 2.05) is 0 Å². The third kappa shape index (κ3) is 5.88. The zero-order chi connectivity index (χ0) is 11.8. The van der Waals surface area contributed by atoms with Gasteiger partial charge in [0.15, 0.2) is 0 Å². The van der Waals surface area contributed by atoms with Gasteiger partial charge in [-0.2, -0.15) is 0 Å². The second kappa shape index (κ2) is 8.66. The molecule has 0 radical (unpaired) electrons. The van der Waals surface area contributed by atoms with Gasteiger partial charge in [-0.3, -0.25) is 0 Å². The summed E-state index contributed by atoms with van der Waals surface area (Å²) in [6, 6.07) is 1.46. The van der Waals surface area contributed by atoms with Crippen molar-refractivity contribution < 1.29 is 57.7 Å². The van der Waals surface area contributed by atoms with E-state index in [1.165, 1.54) is 31.7 Å². The summed E-state index contributed by atoms with van der Waals surface area (Å²) in [6.07, 6.45) is 10.5. The molecule has 0 bridgehead atoms. The largest absolute Gasteiger partial charge is 1.00 e. The molecule has 108 valence electrons. The molecule has 0 aromatic carbocycles. The number of hydrogen-bond acceptors (Lipinski definition) is 0. The molecule has 2 aliphatic carbocycles. The van der Waals surface area contributed by atoms with Crippen LogP contribution in [0, 0.1) is 0 Å². The van der Waals surface area contributed by atoms with Crippen molar-refractivity contribution in [1.82, 2.24) is 0 Å². The van der Waals surface area contributed by atoms with Crippen molar-refractivity contribution in [3.63, 3.8) is 0 Å². The molecule has 0 N–H and O–H groups in total. The Morgan fingerprint density at radius 3 is 2.32 bits per heavy atom. The zero-order valence-corrected chi connectivity index (χ0v) is 17.3. The van der Waals surface area contributed by atoms with E-state index < -0.39 is 0 Å². The van der Waals surface area contributed by atoms with Crippen LogP contribution >= 0.6 is 0 Å². The van der Waals surface area contributed by atoms with Crippen LogP contribution < -0.4 is 37.2 Å². The third-order valence-corrected chi connectivity index (χ3v) is 8.33. The summed E-state index contributed by atoms with van der Waals surface area (Å²) in [5.74, 6) is 0. The van der Waals surface area contributed by atoms with E-state index in [9.17, 15) is 0 Å². The summed E-state index contributed by atoms with van der Waals surface area (Å²) >= 11 is 2.48. The zero-order valence-electron chi connectivity index (χ0n) is 12.0. The average Bonchev–Trinajstić information content (AvgIpc) is 2.55. The fourth-order valence-electron chi connectivity index (χ4n) is 2.77. The van der Waals surface area contributed by atoms with E-state index in [1.54, 1.807) is 11.1 Å². The number of halogens is 3. The summed E-state index contributed by atoms with van der Waals surface area (Å²) in [5, 5.41) is 0.606. The Kier molecular flexibility index (Phi) is 10.3. The topological polar surface area (TPSA) is 0 Å². The van der Waals surface area contributed by atoms with Crippen molar-refractivity contribution in [3.05, 3.63) is 23.3 Å². The van der Waals surface area contributed by atoms with Gasteiger partial charge in [0, 0.05) is 0 Å². The van der Waals surface area contributed by atoms with Crippen LogP contribution in [0.4, 0.5) is 0 Å². The minimum absolute atomic E-state index is 0. The van der Waals surface area contributed by atoms with E-state index in [-0.39, 0.29) is 46.7 Å². The van der Waals surface area contributed by atoms with Gasteiger partial charge in [-0.1, -0.05) is 0 Å². The molecule has 0 fully saturated rings. The van der Waals surface area contributed by atoms with Crippen LogP contribution in [0.3, 0.4) is 0 Å². The Labute approximate surface area is 151 Å². The molecule has 1 atom stereocenters. The van der Waals surface area contributed by atoms with Gasteiger partial charge in [0.2, 0.25) is 0 Å². The van der Waals surface area contributed by atoms with E-state index in [0.717, 1.165) is 0 Å². The Balaban J connectivity index is 0. The van der Waals surface area contributed by atoms with Gasteiger partial charge in [0.05, 0.1) is 0 Å². The molecule has 5 heteroatoms. The minimum atomic E-state index is 0. The van der Waals surface area contributed by atoms with Crippen LogP contribution in [0.2, 0.25) is 14.8 Å². The minimum Gasteiger partial charge on any atom is -1.00 e. The van der Waals surface area contributed by atoms with E-state index in [0.29, 0.717) is 8.76 Å². The van der Waals surface area contributed by atoms with Crippen molar-refractivity contribution in [2.75, 3.05) is 0 Å². The molecule has 19 heavy (non-hydrogen) atoms. The molecule has 0 amide bonds. The summed E-state index contributed by atoms with van der Waals surface area (Å²) in [4.78, 5) is 0. The third-order valence-electron chi connectivity index (χ3n) is 3.89. The summed E-state index contributed by atoms with van der Waals surface area (Å²) in [5.41, 5.74) is 3.49. The molecule has 0 aromatic heterocycles. The first-order valence-corrected chi connectivity index (χ1v) is 9.06. The molecule has 0 aromatic rings. The fraction of sp³-hybridized carbons (Fsp3) is 0.714. The second-order valence-corrected chi connectivity index (χ2v) is 11.1. The molecule has 0 spiro atoms. The van der Waals surface area contributed by atoms with E-state index in [2.05, 4.69) is 53.4 Å². The Morgan fingerprint density at radius 1 is 1.16 bits per heavy atom. The van der Waals surface area contributed by atoms with Crippen LogP contribution in [0.25, 0.3) is 0 Å². The van der Waals surface area contributed by atoms with Crippen LogP contribution in [0.1, 0.15) is 46.5 Å². The van der Waals surface area contributed by atoms with Crippen LogP contribution in [-0.2, 0) is 20.4 Å². The maximum Gasteiger partial charge on any atom is -1.00 e. The smallest absolute Gasteiger partial charge is 1.00 e. The van der Waals surface area contributed by atoms with Gasteiger partial charge in [-0.05, 0) is 0 Å². The van der Waals surface area contributed by atoms with Crippen molar-refractivity contribution >= 4 is 9.52 Å². The Bertz CT molecular complexity index is 347. The predicted molar refractivity (Wildman–Crippen MR) is 70.4 cm³/mol. The van der Waals surface area contributed by atoms with Crippen molar-refractivity contribution in [2.24, 2.45) is 0 Å². The first-order valence-electron chi connectivity index (χ1n) is 6.57. The van der Waals surface area contributed by atoms with Crippen LogP contribution in [0.5, 0.6) is 0 Å². The van der Waals surface area contributed by atoms with Gasteiger partial charge < -0.3 is 37.2 Å². The van der Waals surface area contributed by atoms with Gasteiger partial charge in [0.25, 0.3) is 0 Å². The fourth-order valence-corrected chi connectivity index (χ4v) is 5.55. The number of hydrogen-bond donors (Lipinski definition) is 0. The summed E-state index contributed by atoms with van der Waals surface area (Å²) < 4.78 is 0.454. The van der Waals surface area contributed by atoms with Crippen molar-refractivity contribution in [3.8, 4) is 0 Å². The quantitative estimate of drug-likeness (QED) is 0.425. The van der Waals surface area contributed by atoms with Gasteiger partial charge >= 0.3 is 115 Å². The van der Waals surface area contributed by atoms with Gasteiger partial charge in [-0.15, -0.1) is 0 Å². The standard InChI is InChI=1S/C14H23Si.3ClH.Ti/c1-14(2,3)15-10-12-9-8-11-6-4-5-7-13(11)12;;;;/h8-9H,4-7,10,15H2,1-3H3;3*1H;/q;;;;+3/p-3. The molecule has 0 nitrogen and oxygen atoms in total. The van der Waals surface area contributed by atoms with E-state index in [4.69, 9.17) is 0 Å². The molecule has 0 saturated heterocycles. The maximum atomic E-state index is 2.52. The maximum absolute atomic E-state index is 2.52. The van der Waals surface area contributed by atoms with Crippen LogP contribution in [0.15, 0.2) is 23.3 Å². The summed E-state index contributed by atoms with van der Waals surface area (Å²) in [6.45, 7) is 7.24. The number of allylic oxidation sites excluding steroid dienone is 4. The molecular weight excluding hydrogens is 350 g/mol. The first kappa shape index (κ1) is 22.6. The molecule has 2 rings (SSSR count). The molecule has 2 aliphatic rings. The summed E-state index contributed by atoms with van der Waals surface area (Å²) in [7, 11) is 0.0307. The normalized spacial score (nSPS) is 25.7. The Hall–Kier alpha value is 1.28. The first-order chi connectivity index (χ1) is 7.41. The Morgan fingerprint density at radius 2 is 1.74 bits per heavy atom. The predicted octanol–water partition coefficient (Wildman–Crippen LogP) is -5.05. The second-order valence-electron chi connectivity index (χ2n) is 6.58. The van der Waals surface area contributed by atoms with Crippen molar-refractivity contribution in [1.29, 1.82) is 0 Å².